The number of halogens is 1. The molecule has 19 heavy (non-hydrogen) atoms. The Morgan fingerprint density at radius 3 is 2.84 bits per heavy atom. The molecule has 0 spiro atoms. The highest BCUT2D eigenvalue weighted by Gasteiger charge is 2.21. The summed E-state index contributed by atoms with van der Waals surface area (Å²) in [6.07, 6.45) is 4.92. The maximum Gasteiger partial charge on any atom is 0.339 e. The molecule has 1 N–H and O–H groups in total. The second-order valence-corrected chi connectivity index (χ2v) is 5.26. The lowest BCUT2D eigenvalue weighted by Crippen LogP contribution is -2.24. The van der Waals surface area contributed by atoms with Gasteiger partial charge in [-0.05, 0) is 37.5 Å². The second-order valence-electron chi connectivity index (χ2n) is 5.26. The van der Waals surface area contributed by atoms with Gasteiger partial charge in [-0.25, -0.2) is 9.18 Å². The summed E-state index contributed by atoms with van der Waals surface area (Å²) in [6, 6.07) is 4.30. The summed E-state index contributed by atoms with van der Waals surface area (Å²) in [7, 11) is 1.33. The molecule has 1 aliphatic carbocycles. The molecule has 0 aliphatic heterocycles. The standard InChI is InChI=1S/C15H20FNO2/c1-10(8-11-4-3-5-11)17-14-9-12(16)6-7-13(14)15(18)19-2/h6-7,9-11,17H,3-5,8H2,1-2H3. The molecule has 0 radical (unpaired) electrons. The van der Waals surface area contributed by atoms with Gasteiger partial charge in [0.1, 0.15) is 5.82 Å². The predicted octanol–water partition coefficient (Wildman–Crippen LogP) is 3.60. The van der Waals surface area contributed by atoms with Crippen molar-refractivity contribution >= 4 is 11.7 Å². The molecule has 104 valence electrons. The van der Waals surface area contributed by atoms with Crippen molar-refractivity contribution in [2.45, 2.75) is 38.6 Å². The van der Waals surface area contributed by atoms with E-state index in [0.29, 0.717) is 11.3 Å². The van der Waals surface area contributed by atoms with Gasteiger partial charge in [0.15, 0.2) is 0 Å². The van der Waals surface area contributed by atoms with E-state index in [-0.39, 0.29) is 11.9 Å². The Morgan fingerprint density at radius 2 is 2.26 bits per heavy atom. The zero-order valence-electron chi connectivity index (χ0n) is 11.4. The molecule has 1 aromatic rings. The van der Waals surface area contributed by atoms with Crippen LogP contribution in [-0.2, 0) is 4.74 Å². The average Bonchev–Trinajstić information content (AvgIpc) is 2.33. The molecule has 1 aromatic carbocycles. The molecule has 0 heterocycles. The number of carbonyl (C=O) groups is 1. The Labute approximate surface area is 113 Å². The van der Waals surface area contributed by atoms with Gasteiger partial charge in [-0.3, -0.25) is 0 Å². The van der Waals surface area contributed by atoms with E-state index in [0.717, 1.165) is 12.3 Å². The lowest BCUT2D eigenvalue weighted by atomic mass is 9.81. The van der Waals surface area contributed by atoms with Crippen LogP contribution < -0.4 is 5.32 Å². The third-order valence-corrected chi connectivity index (χ3v) is 3.70. The zero-order valence-corrected chi connectivity index (χ0v) is 11.4. The number of hydrogen-bond acceptors (Lipinski definition) is 3. The molecular weight excluding hydrogens is 245 g/mol. The van der Waals surface area contributed by atoms with E-state index in [9.17, 15) is 9.18 Å². The van der Waals surface area contributed by atoms with Crippen molar-refractivity contribution in [3.63, 3.8) is 0 Å². The van der Waals surface area contributed by atoms with Gasteiger partial charge in [-0.1, -0.05) is 19.3 Å². The van der Waals surface area contributed by atoms with E-state index in [2.05, 4.69) is 12.2 Å². The SMILES string of the molecule is COC(=O)c1ccc(F)cc1NC(C)CC1CCC1. The third-order valence-electron chi connectivity index (χ3n) is 3.70. The maximum atomic E-state index is 13.3. The molecule has 1 unspecified atom stereocenters. The maximum absolute atomic E-state index is 13.3. The molecule has 1 atom stereocenters. The van der Waals surface area contributed by atoms with Crippen LogP contribution in [0.5, 0.6) is 0 Å². The highest BCUT2D eigenvalue weighted by molar-refractivity contribution is 5.95. The predicted molar refractivity (Wildman–Crippen MR) is 72.8 cm³/mol. The van der Waals surface area contributed by atoms with E-state index >= 15 is 0 Å². The summed E-state index contributed by atoms with van der Waals surface area (Å²) in [5, 5.41) is 3.22. The molecule has 4 heteroatoms. The number of nitrogens with one attached hydrogen (secondary N) is 1. The Bertz CT molecular complexity index is 457. The van der Waals surface area contributed by atoms with E-state index in [4.69, 9.17) is 4.74 Å². The number of ether oxygens (including phenoxy) is 1. The highest BCUT2D eigenvalue weighted by Crippen LogP contribution is 2.31. The smallest absolute Gasteiger partial charge is 0.339 e. The van der Waals surface area contributed by atoms with Gasteiger partial charge in [-0.2, -0.15) is 0 Å². The van der Waals surface area contributed by atoms with E-state index in [1.807, 2.05) is 0 Å². The molecule has 0 bridgehead atoms. The fraction of sp³-hybridized carbons (Fsp3) is 0.533. The average molecular weight is 265 g/mol. The monoisotopic (exact) mass is 265 g/mol. The van der Waals surface area contributed by atoms with Gasteiger partial charge in [0.2, 0.25) is 0 Å². The molecule has 1 aliphatic rings. The lowest BCUT2D eigenvalue weighted by Gasteiger charge is -2.29. The molecule has 3 nitrogen and oxygen atoms in total. The van der Waals surface area contributed by atoms with Crippen LogP contribution in [0.25, 0.3) is 0 Å². The minimum absolute atomic E-state index is 0.218. The van der Waals surface area contributed by atoms with Gasteiger partial charge in [0, 0.05) is 6.04 Å². The number of rotatable bonds is 5. The highest BCUT2D eigenvalue weighted by atomic mass is 19.1. The van der Waals surface area contributed by atoms with Gasteiger partial charge in [0.25, 0.3) is 0 Å². The van der Waals surface area contributed by atoms with Gasteiger partial charge in [0.05, 0.1) is 18.4 Å². The molecule has 2 rings (SSSR count). The molecular formula is C15H20FNO2. The summed E-state index contributed by atoms with van der Waals surface area (Å²) in [5.74, 6) is -0.0398. The van der Waals surface area contributed by atoms with Gasteiger partial charge >= 0.3 is 5.97 Å². The van der Waals surface area contributed by atoms with Crippen molar-refractivity contribution in [3.8, 4) is 0 Å². The molecule has 0 saturated heterocycles. The van der Waals surface area contributed by atoms with Crippen LogP contribution in [-0.4, -0.2) is 19.1 Å². The first-order valence-electron chi connectivity index (χ1n) is 6.74. The van der Waals surface area contributed by atoms with Crippen molar-refractivity contribution in [2.24, 2.45) is 5.92 Å². The molecule has 0 aromatic heterocycles. The van der Waals surface area contributed by atoms with Crippen LogP contribution in [0.4, 0.5) is 10.1 Å². The summed E-state index contributed by atoms with van der Waals surface area (Å²) in [4.78, 5) is 11.6. The minimum Gasteiger partial charge on any atom is -0.465 e. The normalized spacial score (nSPS) is 16.6. The summed E-state index contributed by atoms with van der Waals surface area (Å²) < 4.78 is 18.0. The van der Waals surface area contributed by atoms with E-state index < -0.39 is 5.97 Å². The number of benzene rings is 1. The van der Waals surface area contributed by atoms with E-state index in [1.54, 1.807) is 0 Å². The summed E-state index contributed by atoms with van der Waals surface area (Å²) in [5.41, 5.74) is 0.892. The van der Waals surface area contributed by atoms with Crippen molar-refractivity contribution in [2.75, 3.05) is 12.4 Å². The first-order chi connectivity index (χ1) is 9.10. The third kappa shape index (κ3) is 3.46. The minimum atomic E-state index is -0.446. The number of esters is 1. The van der Waals surface area contributed by atoms with Gasteiger partial charge < -0.3 is 10.1 Å². The summed E-state index contributed by atoms with van der Waals surface area (Å²) in [6.45, 7) is 2.06. The van der Waals surface area contributed by atoms with Crippen LogP contribution in [0.15, 0.2) is 18.2 Å². The van der Waals surface area contributed by atoms with Crippen molar-refractivity contribution in [1.29, 1.82) is 0 Å². The van der Waals surface area contributed by atoms with Crippen LogP contribution >= 0.6 is 0 Å². The Morgan fingerprint density at radius 1 is 1.53 bits per heavy atom. The lowest BCUT2D eigenvalue weighted by molar-refractivity contribution is 0.0601. The van der Waals surface area contributed by atoms with Crippen LogP contribution in [0.1, 0.15) is 43.0 Å². The van der Waals surface area contributed by atoms with Crippen LogP contribution in [0.3, 0.4) is 0 Å². The van der Waals surface area contributed by atoms with E-state index in [1.165, 1.54) is 44.6 Å². The quantitative estimate of drug-likeness (QED) is 0.827. The number of hydrogen-bond donors (Lipinski definition) is 1. The molecule has 1 saturated carbocycles. The fourth-order valence-corrected chi connectivity index (χ4v) is 2.48. The second kappa shape index (κ2) is 6.04. The summed E-state index contributed by atoms with van der Waals surface area (Å²) >= 11 is 0. The first kappa shape index (κ1) is 13.8. The Kier molecular flexibility index (Phi) is 4.40. The Balaban J connectivity index is 2.08. The van der Waals surface area contributed by atoms with Crippen molar-refractivity contribution in [1.82, 2.24) is 0 Å². The Hall–Kier alpha value is -1.58. The number of carbonyl (C=O) groups excluding carboxylic acids is 1. The van der Waals surface area contributed by atoms with Crippen molar-refractivity contribution < 1.29 is 13.9 Å². The first-order valence-corrected chi connectivity index (χ1v) is 6.74. The zero-order chi connectivity index (χ0) is 13.8. The van der Waals surface area contributed by atoms with Crippen LogP contribution in [0.2, 0.25) is 0 Å². The van der Waals surface area contributed by atoms with Crippen LogP contribution in [0, 0.1) is 11.7 Å². The number of methoxy groups -OCH3 is 1. The topological polar surface area (TPSA) is 38.3 Å². The molecule has 1 fully saturated rings. The fourth-order valence-electron chi connectivity index (χ4n) is 2.48. The van der Waals surface area contributed by atoms with Gasteiger partial charge in [-0.15, -0.1) is 0 Å². The molecule has 0 amide bonds. The largest absolute Gasteiger partial charge is 0.465 e. The number of anilines is 1. The van der Waals surface area contributed by atoms with Crippen molar-refractivity contribution in [3.05, 3.63) is 29.6 Å².